The van der Waals surface area contributed by atoms with Gasteiger partial charge in [0.25, 0.3) is 0 Å². The maximum absolute atomic E-state index is 11.4. The fourth-order valence-corrected chi connectivity index (χ4v) is 3.12. The molecule has 1 saturated carbocycles. The summed E-state index contributed by atoms with van der Waals surface area (Å²) in [6, 6.07) is -0.0904. The van der Waals surface area contributed by atoms with E-state index in [1.165, 1.54) is 38.5 Å². The molecule has 0 aromatic heterocycles. The Balaban J connectivity index is 1.77. The monoisotopic (exact) mass is 239 g/mol. The molecule has 1 unspecified atom stereocenters. The van der Waals surface area contributed by atoms with Crippen LogP contribution in [0, 0.1) is 5.92 Å². The molecule has 0 radical (unpaired) electrons. The highest BCUT2D eigenvalue weighted by Crippen LogP contribution is 2.26. The van der Waals surface area contributed by atoms with Gasteiger partial charge in [-0.05, 0) is 18.9 Å². The molecule has 1 amide bonds. The first kappa shape index (κ1) is 12.8. The third kappa shape index (κ3) is 3.68. The van der Waals surface area contributed by atoms with E-state index in [0.717, 1.165) is 32.1 Å². The lowest BCUT2D eigenvalue weighted by atomic mass is 9.87. The summed E-state index contributed by atoms with van der Waals surface area (Å²) in [5, 5.41) is 3.24. The van der Waals surface area contributed by atoms with E-state index in [4.69, 9.17) is 5.73 Å². The van der Waals surface area contributed by atoms with Crippen molar-refractivity contribution < 1.29 is 4.79 Å². The van der Waals surface area contributed by atoms with E-state index in [-0.39, 0.29) is 11.9 Å². The standard InChI is InChI=1S/C13H25N3O/c14-13(17)12-10-15-7-9-16(12)8-6-11-4-2-1-3-5-11/h11-12,15H,1-10H2,(H2,14,17). The molecule has 2 aliphatic rings. The molecule has 1 saturated heterocycles. The summed E-state index contributed by atoms with van der Waals surface area (Å²) in [4.78, 5) is 13.6. The molecule has 4 nitrogen and oxygen atoms in total. The van der Waals surface area contributed by atoms with Crippen molar-refractivity contribution in [3.8, 4) is 0 Å². The van der Waals surface area contributed by atoms with Gasteiger partial charge in [0.1, 0.15) is 6.04 Å². The molecule has 98 valence electrons. The molecule has 0 bridgehead atoms. The SMILES string of the molecule is NC(=O)C1CNCCN1CCC1CCCCC1. The molecule has 2 fully saturated rings. The van der Waals surface area contributed by atoms with Crippen LogP contribution in [-0.2, 0) is 4.79 Å². The average Bonchev–Trinajstić information content (AvgIpc) is 2.38. The normalized spacial score (nSPS) is 28.1. The number of nitrogens with zero attached hydrogens (tertiary/aromatic N) is 1. The molecule has 0 spiro atoms. The number of hydrogen-bond donors (Lipinski definition) is 2. The zero-order chi connectivity index (χ0) is 12.1. The highest BCUT2D eigenvalue weighted by atomic mass is 16.1. The van der Waals surface area contributed by atoms with Crippen molar-refractivity contribution in [2.45, 2.75) is 44.6 Å². The highest BCUT2D eigenvalue weighted by Gasteiger charge is 2.27. The van der Waals surface area contributed by atoms with Gasteiger partial charge in [-0.15, -0.1) is 0 Å². The summed E-state index contributed by atoms with van der Waals surface area (Å²) in [5.41, 5.74) is 5.45. The van der Waals surface area contributed by atoms with Gasteiger partial charge in [-0.1, -0.05) is 32.1 Å². The van der Waals surface area contributed by atoms with Crippen LogP contribution >= 0.6 is 0 Å². The minimum absolute atomic E-state index is 0.0904. The van der Waals surface area contributed by atoms with E-state index < -0.39 is 0 Å². The molecule has 0 aromatic rings. The van der Waals surface area contributed by atoms with Crippen LogP contribution in [-0.4, -0.2) is 43.0 Å². The van der Waals surface area contributed by atoms with Gasteiger partial charge in [-0.3, -0.25) is 9.69 Å². The van der Waals surface area contributed by atoms with Crippen LogP contribution < -0.4 is 11.1 Å². The summed E-state index contributed by atoms with van der Waals surface area (Å²) in [6.07, 6.45) is 8.20. The van der Waals surface area contributed by atoms with Gasteiger partial charge in [0.05, 0.1) is 0 Å². The van der Waals surface area contributed by atoms with Crippen LogP contribution in [0.2, 0.25) is 0 Å². The Morgan fingerprint density at radius 3 is 2.76 bits per heavy atom. The van der Waals surface area contributed by atoms with Crippen LogP contribution in [0.25, 0.3) is 0 Å². The lowest BCUT2D eigenvalue weighted by Gasteiger charge is -2.35. The van der Waals surface area contributed by atoms with E-state index in [0.29, 0.717) is 0 Å². The third-order valence-electron chi connectivity index (χ3n) is 4.23. The Kier molecular flexibility index (Phi) is 4.80. The smallest absolute Gasteiger partial charge is 0.236 e. The predicted octanol–water partition coefficient (Wildman–Crippen LogP) is 0.716. The minimum atomic E-state index is -0.180. The van der Waals surface area contributed by atoms with Crippen LogP contribution in [0.5, 0.6) is 0 Å². The number of carbonyl (C=O) groups excluding carboxylic acids is 1. The first-order valence-electron chi connectivity index (χ1n) is 7.01. The fraction of sp³-hybridized carbons (Fsp3) is 0.923. The van der Waals surface area contributed by atoms with E-state index in [9.17, 15) is 4.79 Å². The van der Waals surface area contributed by atoms with Crippen LogP contribution in [0.1, 0.15) is 38.5 Å². The first-order chi connectivity index (χ1) is 8.27. The van der Waals surface area contributed by atoms with Crippen LogP contribution in [0.3, 0.4) is 0 Å². The average molecular weight is 239 g/mol. The summed E-state index contributed by atoms with van der Waals surface area (Å²) < 4.78 is 0. The number of amides is 1. The second-order valence-corrected chi connectivity index (χ2v) is 5.45. The molecular formula is C13H25N3O. The zero-order valence-electron chi connectivity index (χ0n) is 10.7. The molecule has 1 aliphatic heterocycles. The number of nitrogens with two attached hydrogens (primary N) is 1. The van der Waals surface area contributed by atoms with Gasteiger partial charge in [0, 0.05) is 19.6 Å². The Hall–Kier alpha value is -0.610. The maximum atomic E-state index is 11.4. The molecule has 1 aliphatic carbocycles. The largest absolute Gasteiger partial charge is 0.368 e. The van der Waals surface area contributed by atoms with Crippen LogP contribution in [0.4, 0.5) is 0 Å². The van der Waals surface area contributed by atoms with Gasteiger partial charge < -0.3 is 11.1 Å². The Bertz CT molecular complexity index is 251. The number of carbonyl (C=O) groups is 1. The number of rotatable bonds is 4. The van der Waals surface area contributed by atoms with E-state index in [1.807, 2.05) is 0 Å². The molecule has 4 heteroatoms. The topological polar surface area (TPSA) is 58.4 Å². The maximum Gasteiger partial charge on any atom is 0.236 e. The van der Waals surface area contributed by atoms with Gasteiger partial charge in [-0.25, -0.2) is 0 Å². The van der Waals surface area contributed by atoms with Crippen molar-refractivity contribution >= 4 is 5.91 Å². The third-order valence-corrected chi connectivity index (χ3v) is 4.23. The van der Waals surface area contributed by atoms with E-state index in [2.05, 4.69) is 10.2 Å². The Morgan fingerprint density at radius 1 is 1.29 bits per heavy atom. The summed E-state index contributed by atoms with van der Waals surface area (Å²) in [7, 11) is 0. The molecule has 0 aromatic carbocycles. The lowest BCUT2D eigenvalue weighted by molar-refractivity contribution is -0.123. The van der Waals surface area contributed by atoms with Gasteiger partial charge in [-0.2, -0.15) is 0 Å². The van der Waals surface area contributed by atoms with Crippen molar-refractivity contribution in [1.29, 1.82) is 0 Å². The summed E-state index contributed by atoms with van der Waals surface area (Å²) >= 11 is 0. The number of primary amides is 1. The van der Waals surface area contributed by atoms with Crippen molar-refractivity contribution in [3.63, 3.8) is 0 Å². The zero-order valence-corrected chi connectivity index (χ0v) is 10.7. The van der Waals surface area contributed by atoms with Crippen molar-refractivity contribution in [1.82, 2.24) is 10.2 Å². The van der Waals surface area contributed by atoms with E-state index >= 15 is 0 Å². The lowest BCUT2D eigenvalue weighted by Crippen LogP contribution is -2.57. The second-order valence-electron chi connectivity index (χ2n) is 5.45. The predicted molar refractivity (Wildman–Crippen MR) is 68.6 cm³/mol. The molecule has 1 atom stereocenters. The van der Waals surface area contributed by atoms with Crippen molar-refractivity contribution in [3.05, 3.63) is 0 Å². The van der Waals surface area contributed by atoms with Gasteiger partial charge >= 0.3 is 0 Å². The molecule has 1 heterocycles. The summed E-state index contributed by atoms with van der Waals surface area (Å²) in [5.74, 6) is 0.702. The van der Waals surface area contributed by atoms with E-state index in [1.54, 1.807) is 0 Å². The molecule has 2 rings (SSSR count). The van der Waals surface area contributed by atoms with Crippen molar-refractivity contribution in [2.75, 3.05) is 26.2 Å². The fourth-order valence-electron chi connectivity index (χ4n) is 3.12. The first-order valence-corrected chi connectivity index (χ1v) is 7.01. The number of hydrogen-bond acceptors (Lipinski definition) is 3. The second kappa shape index (κ2) is 6.36. The molecule has 3 N–H and O–H groups in total. The highest BCUT2D eigenvalue weighted by molar-refractivity contribution is 5.80. The van der Waals surface area contributed by atoms with Gasteiger partial charge in [0.15, 0.2) is 0 Å². The molecular weight excluding hydrogens is 214 g/mol. The summed E-state index contributed by atoms with van der Waals surface area (Å²) in [6.45, 7) is 3.70. The molecule has 17 heavy (non-hydrogen) atoms. The van der Waals surface area contributed by atoms with Crippen LogP contribution in [0.15, 0.2) is 0 Å². The quantitative estimate of drug-likeness (QED) is 0.760. The van der Waals surface area contributed by atoms with Gasteiger partial charge in [0.2, 0.25) is 5.91 Å². The van der Waals surface area contributed by atoms with Crippen molar-refractivity contribution in [2.24, 2.45) is 11.7 Å². The number of piperazine rings is 1. The Morgan fingerprint density at radius 2 is 2.06 bits per heavy atom. The minimum Gasteiger partial charge on any atom is -0.368 e. The Labute approximate surface area is 104 Å². The number of nitrogens with one attached hydrogen (secondary N) is 1.